The number of nitrogens with one attached hydrogen (secondary N) is 3. The molecule has 0 spiro atoms. The standard InChI is InChI=1S/C23H19BrN8O2/c1-15(16-7-9-17(24)10-8-16)30-31-23-28-21(25-18-5-3-2-4-6-18)27-22(29-23)26-19-11-13-20(14-12-19)32(33)34/h2-14H,1H3,(H3,25,26,27,28,29,31)/b30-15+. The van der Waals surface area contributed by atoms with Crippen LogP contribution < -0.4 is 16.1 Å². The molecule has 0 aliphatic rings. The number of para-hydroxylation sites is 1. The molecule has 1 heterocycles. The summed E-state index contributed by atoms with van der Waals surface area (Å²) in [4.78, 5) is 23.6. The molecule has 4 aromatic rings. The topological polar surface area (TPSA) is 130 Å². The molecule has 11 heteroatoms. The number of non-ortho nitro benzene ring substituents is 1. The Hall–Kier alpha value is -4.38. The molecule has 0 saturated carbocycles. The molecule has 3 aromatic carbocycles. The molecule has 0 bridgehead atoms. The summed E-state index contributed by atoms with van der Waals surface area (Å²) in [6.07, 6.45) is 0. The smallest absolute Gasteiger partial charge is 0.269 e. The van der Waals surface area contributed by atoms with Crippen LogP contribution in [0, 0.1) is 10.1 Å². The Balaban J connectivity index is 1.60. The van der Waals surface area contributed by atoms with Crippen LogP contribution in [0.1, 0.15) is 12.5 Å². The fraction of sp³-hybridized carbons (Fsp3) is 0.0435. The number of benzene rings is 3. The Morgan fingerprint density at radius 3 is 1.97 bits per heavy atom. The van der Waals surface area contributed by atoms with Gasteiger partial charge in [0.1, 0.15) is 0 Å². The number of nitro groups is 1. The molecular formula is C23H19BrN8O2. The van der Waals surface area contributed by atoms with E-state index >= 15 is 0 Å². The van der Waals surface area contributed by atoms with Gasteiger partial charge in [-0.1, -0.05) is 46.3 Å². The maximum absolute atomic E-state index is 10.9. The highest BCUT2D eigenvalue weighted by atomic mass is 79.9. The van der Waals surface area contributed by atoms with Crippen molar-refractivity contribution in [3.63, 3.8) is 0 Å². The normalized spacial score (nSPS) is 11.1. The van der Waals surface area contributed by atoms with Crippen LogP contribution in [0.3, 0.4) is 0 Å². The van der Waals surface area contributed by atoms with E-state index in [0.717, 1.165) is 21.4 Å². The van der Waals surface area contributed by atoms with E-state index in [1.807, 2.05) is 61.5 Å². The van der Waals surface area contributed by atoms with Crippen LogP contribution in [0.25, 0.3) is 0 Å². The summed E-state index contributed by atoms with van der Waals surface area (Å²) < 4.78 is 0.980. The lowest BCUT2D eigenvalue weighted by Gasteiger charge is -2.10. The quantitative estimate of drug-likeness (QED) is 0.150. The van der Waals surface area contributed by atoms with E-state index in [4.69, 9.17) is 0 Å². The van der Waals surface area contributed by atoms with Crippen molar-refractivity contribution >= 4 is 56.5 Å². The zero-order valence-electron chi connectivity index (χ0n) is 17.9. The average Bonchev–Trinajstić information content (AvgIpc) is 2.84. The molecule has 0 saturated heterocycles. The first-order chi connectivity index (χ1) is 16.5. The number of halogens is 1. The maximum atomic E-state index is 10.9. The highest BCUT2D eigenvalue weighted by Crippen LogP contribution is 2.21. The van der Waals surface area contributed by atoms with E-state index in [9.17, 15) is 10.1 Å². The van der Waals surface area contributed by atoms with Gasteiger partial charge in [-0.05, 0) is 48.9 Å². The molecular weight excluding hydrogens is 500 g/mol. The number of hydrogen-bond acceptors (Lipinski definition) is 9. The lowest BCUT2D eigenvalue weighted by Crippen LogP contribution is -2.08. The van der Waals surface area contributed by atoms with Gasteiger partial charge in [-0.25, -0.2) is 5.43 Å². The number of aromatic nitrogens is 3. The van der Waals surface area contributed by atoms with Crippen LogP contribution in [-0.4, -0.2) is 25.6 Å². The third-order valence-electron chi connectivity index (χ3n) is 4.59. The zero-order chi connectivity index (χ0) is 23.9. The molecule has 1 aromatic heterocycles. The summed E-state index contributed by atoms with van der Waals surface area (Å²) in [5, 5.41) is 21.5. The van der Waals surface area contributed by atoms with Gasteiger partial charge in [0.05, 0.1) is 10.6 Å². The molecule has 10 nitrogen and oxygen atoms in total. The van der Waals surface area contributed by atoms with Crippen LogP contribution >= 0.6 is 15.9 Å². The van der Waals surface area contributed by atoms with Crippen LogP contribution in [0.4, 0.5) is 34.9 Å². The Morgan fingerprint density at radius 2 is 1.38 bits per heavy atom. The Kier molecular flexibility index (Phi) is 7.04. The van der Waals surface area contributed by atoms with E-state index in [1.54, 1.807) is 12.1 Å². The van der Waals surface area contributed by atoms with Crippen LogP contribution in [0.5, 0.6) is 0 Å². The van der Waals surface area contributed by atoms with Crippen molar-refractivity contribution in [1.82, 2.24) is 15.0 Å². The summed E-state index contributed by atoms with van der Waals surface area (Å²) in [6.45, 7) is 1.87. The van der Waals surface area contributed by atoms with Crippen LogP contribution in [-0.2, 0) is 0 Å². The Bertz CT molecular complexity index is 1310. The molecule has 0 aliphatic heterocycles. The lowest BCUT2D eigenvalue weighted by atomic mass is 10.1. The number of nitro benzene ring substituents is 1. The van der Waals surface area contributed by atoms with E-state index < -0.39 is 4.92 Å². The molecule has 4 rings (SSSR count). The first-order valence-electron chi connectivity index (χ1n) is 10.1. The van der Waals surface area contributed by atoms with Gasteiger partial charge < -0.3 is 10.6 Å². The van der Waals surface area contributed by atoms with E-state index in [1.165, 1.54) is 12.1 Å². The van der Waals surface area contributed by atoms with Crippen molar-refractivity contribution in [2.75, 3.05) is 16.1 Å². The summed E-state index contributed by atoms with van der Waals surface area (Å²) in [5.74, 6) is 0.750. The monoisotopic (exact) mass is 518 g/mol. The summed E-state index contributed by atoms with van der Waals surface area (Å²) in [6, 6.07) is 23.2. The molecule has 0 aliphatic carbocycles. The summed E-state index contributed by atoms with van der Waals surface area (Å²) >= 11 is 3.42. The van der Waals surface area contributed by atoms with Gasteiger partial charge in [-0.2, -0.15) is 20.1 Å². The number of nitrogens with zero attached hydrogens (tertiary/aromatic N) is 5. The van der Waals surface area contributed by atoms with E-state index in [0.29, 0.717) is 11.6 Å². The molecule has 0 atom stereocenters. The lowest BCUT2D eigenvalue weighted by molar-refractivity contribution is -0.384. The minimum atomic E-state index is -0.456. The predicted octanol–water partition coefficient (Wildman–Crippen LogP) is 5.87. The molecule has 34 heavy (non-hydrogen) atoms. The molecule has 0 radical (unpaired) electrons. The second-order valence-electron chi connectivity index (χ2n) is 7.04. The van der Waals surface area contributed by atoms with Gasteiger partial charge in [0, 0.05) is 28.0 Å². The van der Waals surface area contributed by atoms with Crippen molar-refractivity contribution in [2.24, 2.45) is 5.10 Å². The van der Waals surface area contributed by atoms with Crippen molar-refractivity contribution in [3.8, 4) is 0 Å². The minimum Gasteiger partial charge on any atom is -0.324 e. The molecule has 0 fully saturated rings. The van der Waals surface area contributed by atoms with Gasteiger partial charge in [0.15, 0.2) is 0 Å². The minimum absolute atomic E-state index is 0.00672. The van der Waals surface area contributed by atoms with Crippen molar-refractivity contribution < 1.29 is 4.92 Å². The Morgan fingerprint density at radius 1 is 0.824 bits per heavy atom. The van der Waals surface area contributed by atoms with E-state index in [-0.39, 0.29) is 17.6 Å². The maximum Gasteiger partial charge on any atom is 0.269 e. The highest BCUT2D eigenvalue weighted by molar-refractivity contribution is 9.10. The van der Waals surface area contributed by atoms with Crippen molar-refractivity contribution in [2.45, 2.75) is 6.92 Å². The van der Waals surface area contributed by atoms with Gasteiger partial charge in [-0.15, -0.1) is 0 Å². The first kappa shape index (κ1) is 22.8. The van der Waals surface area contributed by atoms with Gasteiger partial charge in [0.2, 0.25) is 17.8 Å². The third kappa shape index (κ3) is 6.11. The zero-order valence-corrected chi connectivity index (χ0v) is 19.5. The molecule has 3 N–H and O–H groups in total. The highest BCUT2D eigenvalue weighted by Gasteiger charge is 2.09. The largest absolute Gasteiger partial charge is 0.324 e. The fourth-order valence-electron chi connectivity index (χ4n) is 2.87. The van der Waals surface area contributed by atoms with Crippen molar-refractivity contribution in [3.05, 3.63) is 99.0 Å². The van der Waals surface area contributed by atoms with Crippen LogP contribution in [0.15, 0.2) is 88.4 Å². The first-order valence-corrected chi connectivity index (χ1v) is 10.9. The second-order valence-corrected chi connectivity index (χ2v) is 7.96. The Labute approximate surface area is 203 Å². The van der Waals surface area contributed by atoms with Gasteiger partial charge in [0.25, 0.3) is 5.69 Å². The number of rotatable bonds is 8. The second kappa shape index (κ2) is 10.5. The van der Waals surface area contributed by atoms with E-state index in [2.05, 4.69) is 52.0 Å². The predicted molar refractivity (Wildman–Crippen MR) is 136 cm³/mol. The van der Waals surface area contributed by atoms with Crippen LogP contribution in [0.2, 0.25) is 0 Å². The third-order valence-corrected chi connectivity index (χ3v) is 5.11. The number of anilines is 5. The number of hydrogen-bond donors (Lipinski definition) is 3. The summed E-state index contributed by atoms with van der Waals surface area (Å²) in [7, 11) is 0. The number of hydrazone groups is 1. The fourth-order valence-corrected chi connectivity index (χ4v) is 3.14. The van der Waals surface area contributed by atoms with Gasteiger partial charge >= 0.3 is 0 Å². The molecule has 170 valence electrons. The SMILES string of the molecule is C/C(=N\Nc1nc(Nc2ccccc2)nc(Nc2ccc([N+](=O)[O-])cc2)n1)c1ccc(Br)cc1. The molecule has 0 unspecified atom stereocenters. The molecule has 0 amide bonds. The van der Waals surface area contributed by atoms with Gasteiger partial charge in [-0.3, -0.25) is 10.1 Å². The average molecular weight is 519 g/mol. The summed E-state index contributed by atoms with van der Waals surface area (Å²) in [5.41, 5.74) is 5.95. The van der Waals surface area contributed by atoms with Crippen molar-refractivity contribution in [1.29, 1.82) is 0 Å².